The summed E-state index contributed by atoms with van der Waals surface area (Å²) in [7, 11) is 0. The molecule has 11 heavy (non-hydrogen) atoms. The largest absolute Gasteiger partial charge is 0.505 e. The first kappa shape index (κ1) is 13.8. The first-order valence-corrected chi connectivity index (χ1v) is 3.63. The van der Waals surface area contributed by atoms with E-state index in [0.29, 0.717) is 6.61 Å². The summed E-state index contributed by atoms with van der Waals surface area (Å²) < 4.78 is 4.31. The molecule has 0 aromatic carbocycles. The molecule has 4 heteroatoms. The molecule has 0 bridgehead atoms. The van der Waals surface area contributed by atoms with Crippen LogP contribution < -0.4 is 0 Å². The van der Waals surface area contributed by atoms with E-state index in [9.17, 15) is 4.79 Å². The summed E-state index contributed by atoms with van der Waals surface area (Å²) in [6, 6.07) is 0. The fourth-order valence-corrected chi connectivity index (χ4v) is 0.688. The van der Waals surface area contributed by atoms with E-state index < -0.39 is 6.16 Å². The molecule has 3 nitrogen and oxygen atoms in total. The van der Waals surface area contributed by atoms with Crippen LogP contribution in [-0.2, 0) is 4.74 Å². The summed E-state index contributed by atoms with van der Waals surface area (Å²) in [5.74, 6) is 0. The molecule has 0 atom stereocenters. The van der Waals surface area contributed by atoms with Gasteiger partial charge in [0, 0.05) is 29.2 Å². The van der Waals surface area contributed by atoms with Crippen LogP contribution in [0.25, 0.3) is 0 Å². The van der Waals surface area contributed by atoms with Crippen molar-refractivity contribution in [2.75, 3.05) is 6.61 Å². The van der Waals surface area contributed by atoms with E-state index in [4.69, 9.17) is 5.11 Å². The average Bonchev–Trinajstić information content (AvgIpc) is 1.87. The van der Waals surface area contributed by atoms with E-state index in [2.05, 4.69) is 11.7 Å². The van der Waals surface area contributed by atoms with Crippen LogP contribution in [0.4, 0.5) is 4.79 Å². The fourth-order valence-electron chi connectivity index (χ4n) is 0.688. The van der Waals surface area contributed by atoms with Crippen LogP contribution in [0.3, 0.4) is 0 Å². The van der Waals surface area contributed by atoms with E-state index in [1.54, 1.807) is 0 Å². The average molecular weight is 390 g/mol. The Balaban J connectivity index is 0. The maximum absolute atomic E-state index is 9.81. The van der Waals surface area contributed by atoms with Gasteiger partial charge in [-0.15, -0.1) is 0 Å². The summed E-state index contributed by atoms with van der Waals surface area (Å²) in [6.45, 7) is 2.45. The van der Waals surface area contributed by atoms with E-state index in [1.807, 2.05) is 0 Å². The third kappa shape index (κ3) is 13.3. The standard InChI is InChI=1S/C7H14O3.Pu/c1-2-3-4-5-6-10-7(8)9;/h2-6H2,1H3,(H,8,9);. The molecule has 0 radical (unpaired) electrons. The van der Waals surface area contributed by atoms with Gasteiger partial charge in [0.25, 0.3) is 0 Å². The molecule has 0 spiro atoms. The van der Waals surface area contributed by atoms with Crippen molar-refractivity contribution in [3.8, 4) is 0 Å². The molecule has 0 amide bonds. The summed E-state index contributed by atoms with van der Waals surface area (Å²) in [6.07, 6.45) is 3.05. The molecular formula is C7H14O3Pu. The zero-order valence-electron chi connectivity index (χ0n) is 6.71. The predicted octanol–water partition coefficient (Wildman–Crippen LogP) is 2.26. The van der Waals surface area contributed by atoms with Crippen molar-refractivity contribution >= 4 is 6.16 Å². The van der Waals surface area contributed by atoms with Crippen LogP contribution in [0.2, 0.25) is 0 Å². The van der Waals surface area contributed by atoms with Gasteiger partial charge in [-0.3, -0.25) is 0 Å². The Bertz CT molecular complexity index is 95.7. The normalized spacial score (nSPS) is 8.45. The Morgan fingerprint density at radius 2 is 2.00 bits per heavy atom. The Labute approximate surface area is 89.1 Å². The van der Waals surface area contributed by atoms with Crippen molar-refractivity contribution in [1.29, 1.82) is 0 Å². The Hall–Kier alpha value is 0.257. The van der Waals surface area contributed by atoms with Gasteiger partial charge in [0.05, 0.1) is 6.61 Å². The quantitative estimate of drug-likeness (QED) is 0.579. The molecule has 0 aliphatic carbocycles. The van der Waals surface area contributed by atoms with Gasteiger partial charge < -0.3 is 9.84 Å². The second kappa shape index (κ2) is 10.3. The number of hydrogen-bond donors (Lipinski definition) is 1. The van der Waals surface area contributed by atoms with Crippen molar-refractivity contribution in [2.24, 2.45) is 0 Å². The first-order chi connectivity index (χ1) is 4.77. The van der Waals surface area contributed by atoms with Crippen molar-refractivity contribution in [3.63, 3.8) is 0 Å². The molecule has 0 unspecified atom stereocenters. The smallest absolute Gasteiger partial charge is 0.450 e. The first-order valence-electron chi connectivity index (χ1n) is 3.63. The molecular weight excluding hydrogens is 376 g/mol. The maximum atomic E-state index is 9.81. The summed E-state index contributed by atoms with van der Waals surface area (Å²) >= 11 is 0. The maximum Gasteiger partial charge on any atom is 0.505 e. The summed E-state index contributed by atoms with van der Waals surface area (Å²) in [5.41, 5.74) is 0. The van der Waals surface area contributed by atoms with Gasteiger partial charge in [-0.2, -0.15) is 0 Å². The number of ether oxygens (including phenoxy) is 1. The molecule has 0 heterocycles. The van der Waals surface area contributed by atoms with Crippen molar-refractivity contribution < 1.29 is 43.8 Å². The van der Waals surface area contributed by atoms with Gasteiger partial charge in [0.15, 0.2) is 0 Å². The molecule has 0 fully saturated rings. The zero-order valence-corrected chi connectivity index (χ0v) is 10.1. The van der Waals surface area contributed by atoms with Crippen molar-refractivity contribution in [2.45, 2.75) is 32.6 Å². The fraction of sp³-hybridized carbons (Fsp3) is 0.857. The Kier molecular flexibility index (Phi) is 12.9. The molecule has 66 valence electrons. The molecule has 0 aliphatic heterocycles. The second-order valence-electron chi connectivity index (χ2n) is 2.18. The van der Waals surface area contributed by atoms with Gasteiger partial charge >= 0.3 is 6.16 Å². The Morgan fingerprint density at radius 3 is 2.45 bits per heavy atom. The van der Waals surface area contributed by atoms with E-state index >= 15 is 0 Å². The van der Waals surface area contributed by atoms with E-state index in [0.717, 1.165) is 25.7 Å². The third-order valence-electron chi connectivity index (χ3n) is 1.22. The number of rotatable bonds is 5. The van der Waals surface area contributed by atoms with Gasteiger partial charge in [0.2, 0.25) is 0 Å². The molecule has 0 aliphatic rings. The van der Waals surface area contributed by atoms with Crippen LogP contribution in [0.1, 0.15) is 32.6 Å². The van der Waals surface area contributed by atoms with Gasteiger partial charge in [0.1, 0.15) is 0 Å². The minimum atomic E-state index is -1.17. The molecule has 1 N–H and O–H groups in total. The number of hydrogen-bond acceptors (Lipinski definition) is 2. The van der Waals surface area contributed by atoms with Gasteiger partial charge in [-0.25, -0.2) is 4.79 Å². The molecule has 0 aromatic rings. The minimum absolute atomic E-state index is 0. The topological polar surface area (TPSA) is 46.5 Å². The SMILES string of the molecule is CCCCCCOC(=O)O.[Pu]. The minimum Gasteiger partial charge on any atom is -0.450 e. The van der Waals surface area contributed by atoms with Crippen LogP contribution in [0.15, 0.2) is 0 Å². The van der Waals surface area contributed by atoms with Crippen molar-refractivity contribution in [3.05, 3.63) is 0 Å². The molecule has 0 aromatic heterocycles. The van der Waals surface area contributed by atoms with Crippen LogP contribution in [-0.4, -0.2) is 17.9 Å². The molecule has 0 saturated carbocycles. The number of unbranched alkanes of at least 4 members (excludes halogenated alkanes) is 3. The monoisotopic (exact) mass is 384 g/mol. The number of carboxylic acid groups (broad SMARTS) is 1. The van der Waals surface area contributed by atoms with Crippen LogP contribution in [0.5, 0.6) is 0 Å². The van der Waals surface area contributed by atoms with Crippen molar-refractivity contribution in [1.82, 2.24) is 0 Å². The third-order valence-corrected chi connectivity index (χ3v) is 1.22. The van der Waals surface area contributed by atoms with Gasteiger partial charge in [-0.1, -0.05) is 26.2 Å². The Morgan fingerprint density at radius 1 is 1.36 bits per heavy atom. The summed E-state index contributed by atoms with van der Waals surface area (Å²) in [5, 5.41) is 8.05. The van der Waals surface area contributed by atoms with Crippen LogP contribution in [0, 0.1) is 29.2 Å². The van der Waals surface area contributed by atoms with Crippen LogP contribution >= 0.6 is 0 Å². The zero-order chi connectivity index (χ0) is 7.82. The van der Waals surface area contributed by atoms with E-state index in [-0.39, 0.29) is 29.2 Å². The predicted molar refractivity (Wildman–Crippen MR) is 38.1 cm³/mol. The summed E-state index contributed by atoms with van der Waals surface area (Å²) in [4.78, 5) is 9.81. The molecule has 0 saturated heterocycles. The second-order valence-corrected chi connectivity index (χ2v) is 2.18. The van der Waals surface area contributed by atoms with Gasteiger partial charge in [-0.05, 0) is 6.42 Å². The molecule has 0 rings (SSSR count). The van der Waals surface area contributed by atoms with E-state index in [1.165, 1.54) is 0 Å². The number of carbonyl (C=O) groups is 1.